The fourth-order valence-electron chi connectivity index (χ4n) is 3.43. The fourth-order valence-corrected chi connectivity index (χ4v) is 3.43. The molecular formula is C25H19N5O. The fraction of sp³-hybridized carbons (Fsp3) is 0. The minimum atomic E-state index is -0.173. The normalized spacial score (nSPS) is 11.2. The van der Waals surface area contributed by atoms with Crippen LogP contribution in [-0.4, -0.2) is 26.2 Å². The van der Waals surface area contributed by atoms with Crippen LogP contribution in [0.15, 0.2) is 107 Å². The monoisotopic (exact) mass is 405 g/mol. The van der Waals surface area contributed by atoms with Crippen LogP contribution in [0, 0.1) is 0 Å². The van der Waals surface area contributed by atoms with Crippen molar-refractivity contribution in [2.75, 3.05) is 0 Å². The first-order valence-corrected chi connectivity index (χ1v) is 9.90. The Bertz CT molecular complexity index is 1380. The molecule has 0 aliphatic rings. The van der Waals surface area contributed by atoms with Gasteiger partial charge in [0.2, 0.25) is 0 Å². The summed E-state index contributed by atoms with van der Waals surface area (Å²) < 4.78 is 1.53. The molecule has 2 heterocycles. The maximum absolute atomic E-state index is 13.2. The predicted molar refractivity (Wildman–Crippen MR) is 123 cm³/mol. The summed E-state index contributed by atoms with van der Waals surface area (Å²) in [6.45, 7) is 0. The molecule has 5 aromatic rings. The molecule has 3 aromatic carbocycles. The Hall–Kier alpha value is -4.45. The quantitative estimate of drug-likeness (QED) is 0.405. The van der Waals surface area contributed by atoms with Gasteiger partial charge in [-0.25, -0.2) is 9.67 Å². The number of aliphatic imine (C=N–C) groups is 1. The summed E-state index contributed by atoms with van der Waals surface area (Å²) in [5.41, 5.74) is 4.56. The molecule has 0 amide bonds. The van der Waals surface area contributed by atoms with Gasteiger partial charge >= 0.3 is 0 Å². The lowest BCUT2D eigenvalue weighted by atomic mass is 10.1. The van der Waals surface area contributed by atoms with Crippen LogP contribution in [-0.2, 0) is 0 Å². The molecule has 6 heteroatoms. The van der Waals surface area contributed by atoms with Crippen molar-refractivity contribution in [3.8, 4) is 28.2 Å². The zero-order valence-corrected chi connectivity index (χ0v) is 16.6. The third-order valence-electron chi connectivity index (χ3n) is 4.98. The van der Waals surface area contributed by atoms with Crippen LogP contribution < -0.4 is 5.56 Å². The Morgan fingerprint density at radius 1 is 0.806 bits per heavy atom. The average molecular weight is 405 g/mol. The number of aromatic nitrogens is 4. The molecule has 0 aliphatic carbocycles. The van der Waals surface area contributed by atoms with Gasteiger partial charge in [-0.15, -0.1) is 0 Å². The number of nitrogens with one attached hydrogen (secondary N) is 2. The van der Waals surface area contributed by atoms with Gasteiger partial charge in [0.15, 0.2) is 5.82 Å². The Kier molecular flexibility index (Phi) is 4.86. The zero-order valence-electron chi connectivity index (χ0n) is 16.6. The minimum Gasteiger partial charge on any atom is -0.290 e. The molecule has 5 rings (SSSR count). The van der Waals surface area contributed by atoms with Crippen molar-refractivity contribution in [1.82, 2.24) is 20.0 Å². The summed E-state index contributed by atoms with van der Waals surface area (Å²) in [7, 11) is 0. The lowest BCUT2D eigenvalue weighted by Gasteiger charge is -2.01. The van der Waals surface area contributed by atoms with Crippen molar-refractivity contribution < 1.29 is 0 Å². The average Bonchev–Trinajstić information content (AvgIpc) is 3.44. The SMILES string of the molecule is O=c1c(C=Nc2cc(-c3ccccc3)[nH]n2)c(-c2ccccc2)[nH]n1-c1ccccc1. The van der Waals surface area contributed by atoms with E-state index >= 15 is 0 Å². The van der Waals surface area contributed by atoms with Crippen molar-refractivity contribution in [1.29, 1.82) is 0 Å². The number of rotatable bonds is 5. The standard InChI is InChI=1S/C25H19N5O/c31-25-21(17-26-23-16-22(27-28-23)18-10-4-1-5-11-18)24(19-12-6-2-7-13-19)29-30(25)20-14-8-3-9-15-20/h1-17,29H,(H,27,28). The van der Waals surface area contributed by atoms with E-state index in [0.29, 0.717) is 17.1 Å². The van der Waals surface area contributed by atoms with Gasteiger partial charge in [0, 0.05) is 17.8 Å². The lowest BCUT2D eigenvalue weighted by molar-refractivity contribution is 0.852. The van der Waals surface area contributed by atoms with Crippen LogP contribution in [0.2, 0.25) is 0 Å². The van der Waals surface area contributed by atoms with Crippen molar-refractivity contribution in [3.63, 3.8) is 0 Å². The number of H-pyrrole nitrogens is 2. The first-order chi connectivity index (χ1) is 15.3. The molecular weight excluding hydrogens is 386 g/mol. The van der Waals surface area contributed by atoms with Crippen LogP contribution >= 0.6 is 0 Å². The van der Waals surface area contributed by atoms with Crippen molar-refractivity contribution >= 4 is 12.0 Å². The van der Waals surface area contributed by atoms with E-state index in [1.165, 1.54) is 4.68 Å². The van der Waals surface area contributed by atoms with E-state index < -0.39 is 0 Å². The molecule has 0 radical (unpaired) electrons. The Morgan fingerprint density at radius 2 is 1.42 bits per heavy atom. The van der Waals surface area contributed by atoms with Gasteiger partial charge in [-0.3, -0.25) is 15.0 Å². The van der Waals surface area contributed by atoms with Crippen molar-refractivity contribution in [2.24, 2.45) is 4.99 Å². The second-order valence-corrected chi connectivity index (χ2v) is 7.01. The summed E-state index contributed by atoms with van der Waals surface area (Å²) in [5, 5.41) is 10.5. The van der Waals surface area contributed by atoms with E-state index in [1.807, 2.05) is 97.1 Å². The Labute approximate surface area is 178 Å². The molecule has 2 aromatic heterocycles. The molecule has 0 bridgehead atoms. The molecule has 0 saturated heterocycles. The van der Waals surface area contributed by atoms with Gasteiger partial charge < -0.3 is 0 Å². The summed E-state index contributed by atoms with van der Waals surface area (Å²) in [6, 6.07) is 31.0. The molecule has 2 N–H and O–H groups in total. The third kappa shape index (κ3) is 3.74. The van der Waals surface area contributed by atoms with Gasteiger partial charge in [0.05, 0.1) is 22.6 Å². The molecule has 0 saturated carbocycles. The van der Waals surface area contributed by atoms with E-state index in [0.717, 1.165) is 22.5 Å². The number of aromatic amines is 2. The van der Waals surface area contributed by atoms with Gasteiger partial charge in [-0.05, 0) is 17.7 Å². The predicted octanol–water partition coefficient (Wildman–Crippen LogP) is 4.97. The van der Waals surface area contributed by atoms with E-state index in [-0.39, 0.29) is 5.56 Å². The van der Waals surface area contributed by atoms with Gasteiger partial charge in [-0.1, -0.05) is 78.9 Å². The second kappa shape index (κ2) is 8.12. The van der Waals surface area contributed by atoms with Gasteiger partial charge in [0.1, 0.15) is 0 Å². The summed E-state index contributed by atoms with van der Waals surface area (Å²) in [5.74, 6) is 0.504. The van der Waals surface area contributed by atoms with Gasteiger partial charge in [0.25, 0.3) is 5.56 Å². The molecule has 0 aliphatic heterocycles. The largest absolute Gasteiger partial charge is 0.290 e. The van der Waals surface area contributed by atoms with Crippen LogP contribution in [0.4, 0.5) is 5.82 Å². The number of hydrogen-bond acceptors (Lipinski definition) is 3. The minimum absolute atomic E-state index is 0.173. The molecule has 31 heavy (non-hydrogen) atoms. The molecule has 0 fully saturated rings. The smallest absolute Gasteiger partial charge is 0.280 e. The molecule has 0 atom stereocenters. The van der Waals surface area contributed by atoms with Crippen molar-refractivity contribution in [2.45, 2.75) is 0 Å². The number of nitrogens with zero attached hydrogens (tertiary/aromatic N) is 3. The second-order valence-electron chi connectivity index (χ2n) is 7.01. The highest BCUT2D eigenvalue weighted by Gasteiger charge is 2.15. The van der Waals surface area contributed by atoms with Crippen LogP contribution in [0.5, 0.6) is 0 Å². The summed E-state index contributed by atoms with van der Waals surface area (Å²) in [4.78, 5) is 17.7. The van der Waals surface area contributed by atoms with E-state index in [4.69, 9.17) is 0 Å². The number of benzene rings is 3. The Balaban J connectivity index is 1.56. The molecule has 150 valence electrons. The topological polar surface area (TPSA) is 78.8 Å². The van der Waals surface area contributed by atoms with Gasteiger partial charge in [-0.2, -0.15) is 5.10 Å². The van der Waals surface area contributed by atoms with Crippen LogP contribution in [0.3, 0.4) is 0 Å². The van der Waals surface area contributed by atoms with E-state index in [2.05, 4.69) is 20.3 Å². The molecule has 6 nitrogen and oxygen atoms in total. The zero-order chi connectivity index (χ0) is 21.0. The highest BCUT2D eigenvalue weighted by molar-refractivity contribution is 5.90. The molecule has 0 spiro atoms. The maximum atomic E-state index is 13.2. The maximum Gasteiger partial charge on any atom is 0.280 e. The number of hydrogen-bond donors (Lipinski definition) is 2. The summed E-state index contributed by atoms with van der Waals surface area (Å²) in [6.07, 6.45) is 1.57. The third-order valence-corrected chi connectivity index (χ3v) is 4.98. The highest BCUT2D eigenvalue weighted by Crippen LogP contribution is 2.22. The van der Waals surface area contributed by atoms with Crippen molar-refractivity contribution in [3.05, 3.63) is 113 Å². The van der Waals surface area contributed by atoms with E-state index in [1.54, 1.807) is 6.21 Å². The summed E-state index contributed by atoms with van der Waals surface area (Å²) >= 11 is 0. The number of para-hydroxylation sites is 1. The Morgan fingerprint density at radius 3 is 2.10 bits per heavy atom. The first-order valence-electron chi connectivity index (χ1n) is 9.90. The van der Waals surface area contributed by atoms with Crippen LogP contribution in [0.25, 0.3) is 28.2 Å². The van der Waals surface area contributed by atoms with E-state index in [9.17, 15) is 4.79 Å². The lowest BCUT2D eigenvalue weighted by Crippen LogP contribution is -2.17. The highest BCUT2D eigenvalue weighted by atomic mass is 16.1. The van der Waals surface area contributed by atoms with Crippen LogP contribution in [0.1, 0.15) is 5.56 Å². The first kappa shape index (κ1) is 18.6. The molecule has 0 unspecified atom stereocenters.